The topological polar surface area (TPSA) is 35.9 Å². The van der Waals surface area contributed by atoms with Crippen molar-refractivity contribution in [2.24, 2.45) is 16.3 Å². The van der Waals surface area contributed by atoms with Gasteiger partial charge in [-0.2, -0.15) is 0 Å². The maximum atomic E-state index is 12.7. The Hall–Kier alpha value is -2.76. The number of benzene rings is 1. The minimum atomic E-state index is -0.492. The summed E-state index contributed by atoms with van der Waals surface area (Å²) >= 11 is 0. The van der Waals surface area contributed by atoms with Gasteiger partial charge in [0.25, 0.3) is 0 Å². The first-order valence-electron chi connectivity index (χ1n) is 13.9. The Bertz CT molecular complexity index is 1060. The monoisotopic (exact) mass is 527 g/mol. The van der Waals surface area contributed by atoms with E-state index in [1.54, 1.807) is 6.20 Å². The fraction of sp³-hybridized carbons (Fsp3) is 0.562. The molecule has 0 spiro atoms. The number of hydrogen-bond acceptors (Lipinski definition) is 3. The molecule has 1 aliphatic carbocycles. The molecule has 3 rings (SSSR count). The van der Waals surface area contributed by atoms with Crippen molar-refractivity contribution in [3.63, 3.8) is 0 Å². The Balaban J connectivity index is 0.000000384. The predicted molar refractivity (Wildman–Crippen MR) is 155 cm³/mol. The Morgan fingerprint density at radius 1 is 1.13 bits per heavy atom. The highest BCUT2D eigenvalue weighted by Gasteiger charge is 2.35. The van der Waals surface area contributed by atoms with Gasteiger partial charge in [-0.1, -0.05) is 46.8 Å². The lowest BCUT2D eigenvalue weighted by atomic mass is 9.92. The van der Waals surface area contributed by atoms with Gasteiger partial charge in [-0.05, 0) is 76.1 Å². The molecule has 1 aromatic rings. The fourth-order valence-electron chi connectivity index (χ4n) is 5.06. The first-order chi connectivity index (χ1) is 17.8. The van der Waals surface area contributed by atoms with Gasteiger partial charge in [-0.25, -0.2) is 8.78 Å². The van der Waals surface area contributed by atoms with Crippen molar-refractivity contribution in [3.05, 3.63) is 71.1 Å². The summed E-state index contributed by atoms with van der Waals surface area (Å²) in [6.07, 6.45) is 8.05. The van der Waals surface area contributed by atoms with Crippen LogP contribution >= 0.6 is 0 Å². The van der Waals surface area contributed by atoms with Gasteiger partial charge in [0.05, 0.1) is 0 Å². The number of nitrogens with zero attached hydrogens (tertiary/aromatic N) is 3. The van der Waals surface area contributed by atoms with Gasteiger partial charge in [-0.15, -0.1) is 0 Å². The third-order valence-electron chi connectivity index (χ3n) is 7.09. The van der Waals surface area contributed by atoms with Gasteiger partial charge in [0.1, 0.15) is 11.6 Å². The van der Waals surface area contributed by atoms with E-state index in [1.165, 1.54) is 41.8 Å². The van der Waals surface area contributed by atoms with E-state index in [0.717, 1.165) is 49.8 Å². The number of aryl methyl sites for hydroxylation is 1. The zero-order valence-corrected chi connectivity index (χ0v) is 24.7. The number of halogens is 2. The fourth-order valence-corrected chi connectivity index (χ4v) is 5.06. The van der Waals surface area contributed by atoms with Crippen molar-refractivity contribution < 1.29 is 13.6 Å². The number of aliphatic imine (C=N–C) groups is 1. The van der Waals surface area contributed by atoms with E-state index >= 15 is 0 Å². The SMILES string of the molecule is C=CN=C(C)C(/C(=C\C)C1CC1)=C(\C)N1CCN(C(=O)C(C)(C)C)C(C)C1.CCCc1cc(F)cc(F)c1. The predicted octanol–water partition coefficient (Wildman–Crippen LogP) is 7.72. The molecule has 6 heteroatoms. The van der Waals surface area contributed by atoms with Gasteiger partial charge < -0.3 is 9.80 Å². The summed E-state index contributed by atoms with van der Waals surface area (Å²) < 4.78 is 25.0. The molecule has 1 saturated heterocycles. The molecule has 1 saturated carbocycles. The molecule has 1 unspecified atom stereocenters. The highest BCUT2D eigenvalue weighted by atomic mass is 19.1. The van der Waals surface area contributed by atoms with Crippen molar-refractivity contribution in [2.75, 3.05) is 19.6 Å². The van der Waals surface area contributed by atoms with Crippen LogP contribution in [0.2, 0.25) is 0 Å². The molecule has 1 heterocycles. The smallest absolute Gasteiger partial charge is 0.228 e. The molecule has 1 amide bonds. The standard InChI is InChI=1S/C23H37N3O.C9H10F2/c1-9-20(19-11-12-19)21(17(4)24-10-2)18(5)25-13-14-26(16(3)15-25)22(27)23(6,7)8;1-2-3-7-4-8(10)6-9(11)5-7/h9-10,16,19H,2,11-15H2,1,3-8H3;4-6H,2-3H2,1H3/b20-9-,21-18-,24-17?;. The lowest BCUT2D eigenvalue weighted by Gasteiger charge is -2.44. The largest absolute Gasteiger partial charge is 0.371 e. The minimum Gasteiger partial charge on any atom is -0.371 e. The average molecular weight is 528 g/mol. The van der Waals surface area contributed by atoms with Crippen LogP contribution in [0.3, 0.4) is 0 Å². The van der Waals surface area contributed by atoms with Crippen LogP contribution in [0, 0.1) is 23.0 Å². The Morgan fingerprint density at radius 3 is 2.18 bits per heavy atom. The lowest BCUT2D eigenvalue weighted by Crippen LogP contribution is -2.56. The highest BCUT2D eigenvalue weighted by Crippen LogP contribution is 2.41. The quantitative estimate of drug-likeness (QED) is 0.269. The molecule has 1 aromatic carbocycles. The van der Waals surface area contributed by atoms with Crippen LogP contribution in [0.25, 0.3) is 0 Å². The summed E-state index contributed by atoms with van der Waals surface area (Å²) in [5.41, 5.74) is 5.38. The van der Waals surface area contributed by atoms with E-state index in [1.807, 2.05) is 32.6 Å². The van der Waals surface area contributed by atoms with Crippen LogP contribution < -0.4 is 0 Å². The van der Waals surface area contributed by atoms with Crippen LogP contribution in [0.5, 0.6) is 0 Å². The summed E-state index contributed by atoms with van der Waals surface area (Å²) in [6, 6.07) is 3.83. The normalized spacial score (nSPS) is 19.5. The van der Waals surface area contributed by atoms with Gasteiger partial charge in [0.15, 0.2) is 0 Å². The van der Waals surface area contributed by atoms with E-state index in [2.05, 4.69) is 50.2 Å². The maximum absolute atomic E-state index is 12.7. The van der Waals surface area contributed by atoms with Gasteiger partial charge in [0.2, 0.25) is 5.91 Å². The van der Waals surface area contributed by atoms with E-state index in [0.29, 0.717) is 5.92 Å². The second-order valence-electron chi connectivity index (χ2n) is 11.4. The number of carbonyl (C=O) groups excluding carboxylic acids is 1. The van der Waals surface area contributed by atoms with Gasteiger partial charge >= 0.3 is 0 Å². The van der Waals surface area contributed by atoms with Crippen molar-refractivity contribution in [1.82, 2.24) is 9.80 Å². The third kappa shape index (κ3) is 8.64. The maximum Gasteiger partial charge on any atom is 0.228 e. The molecular formula is C32H47F2N3O. The molecule has 0 N–H and O–H groups in total. The van der Waals surface area contributed by atoms with Crippen molar-refractivity contribution in [2.45, 2.75) is 87.1 Å². The van der Waals surface area contributed by atoms with Crippen LogP contribution in [-0.2, 0) is 11.2 Å². The zero-order valence-electron chi connectivity index (χ0n) is 24.7. The summed E-state index contributed by atoms with van der Waals surface area (Å²) in [7, 11) is 0. The molecule has 0 aromatic heterocycles. The number of rotatable bonds is 7. The Kier molecular flexibility index (Phi) is 11.5. The van der Waals surface area contributed by atoms with E-state index < -0.39 is 11.6 Å². The summed E-state index contributed by atoms with van der Waals surface area (Å²) in [6.45, 7) is 22.8. The number of carbonyl (C=O) groups is 1. The first kappa shape index (κ1) is 31.5. The molecule has 38 heavy (non-hydrogen) atoms. The van der Waals surface area contributed by atoms with Crippen molar-refractivity contribution in [1.29, 1.82) is 0 Å². The average Bonchev–Trinajstić information content (AvgIpc) is 3.66. The van der Waals surface area contributed by atoms with Crippen LogP contribution in [0.15, 0.2) is 58.9 Å². The molecule has 1 aliphatic heterocycles. The molecular weight excluding hydrogens is 480 g/mol. The van der Waals surface area contributed by atoms with E-state index in [4.69, 9.17) is 0 Å². The van der Waals surface area contributed by atoms with Crippen LogP contribution in [0.1, 0.15) is 80.2 Å². The molecule has 2 aliphatic rings. The molecule has 2 fully saturated rings. The van der Waals surface area contributed by atoms with Crippen molar-refractivity contribution in [3.8, 4) is 0 Å². The van der Waals surface area contributed by atoms with Crippen LogP contribution in [-0.4, -0.2) is 47.1 Å². The second kappa shape index (κ2) is 13.9. The third-order valence-corrected chi connectivity index (χ3v) is 7.09. The number of amides is 1. The molecule has 1 atom stereocenters. The van der Waals surface area contributed by atoms with Crippen molar-refractivity contribution >= 4 is 11.6 Å². The Morgan fingerprint density at radius 2 is 1.74 bits per heavy atom. The Labute approximate surface area is 229 Å². The molecule has 0 radical (unpaired) electrons. The molecule has 4 nitrogen and oxygen atoms in total. The zero-order chi connectivity index (χ0) is 28.6. The number of piperazine rings is 1. The highest BCUT2D eigenvalue weighted by molar-refractivity contribution is 6.03. The second-order valence-corrected chi connectivity index (χ2v) is 11.4. The van der Waals surface area contributed by atoms with E-state index in [9.17, 15) is 13.6 Å². The molecule has 0 bridgehead atoms. The van der Waals surface area contributed by atoms with E-state index in [-0.39, 0.29) is 17.4 Å². The number of allylic oxidation sites excluding steroid dienone is 4. The summed E-state index contributed by atoms with van der Waals surface area (Å²) in [4.78, 5) is 21.7. The number of hydrogen-bond donors (Lipinski definition) is 0. The minimum absolute atomic E-state index is 0.202. The molecule has 210 valence electrons. The summed E-state index contributed by atoms with van der Waals surface area (Å²) in [5.74, 6) is -0.0778. The van der Waals surface area contributed by atoms with Crippen LogP contribution in [0.4, 0.5) is 8.78 Å². The van der Waals surface area contributed by atoms with Gasteiger partial charge in [-0.3, -0.25) is 9.79 Å². The lowest BCUT2D eigenvalue weighted by molar-refractivity contribution is -0.143. The van der Waals surface area contributed by atoms with Gasteiger partial charge in [0, 0.05) is 60.3 Å². The summed E-state index contributed by atoms with van der Waals surface area (Å²) in [5, 5.41) is 0. The first-order valence-corrected chi connectivity index (χ1v) is 13.9.